The summed E-state index contributed by atoms with van der Waals surface area (Å²) in [6.07, 6.45) is 4.09. The maximum absolute atomic E-state index is 5.97. The van der Waals surface area contributed by atoms with Crippen LogP contribution in [0.15, 0.2) is 41.7 Å². The van der Waals surface area contributed by atoms with Crippen molar-refractivity contribution in [3.63, 3.8) is 0 Å². The number of aromatic nitrogens is 1. The number of rotatable bonds is 5. The number of aryl methyl sites for hydroxylation is 1. The highest BCUT2D eigenvalue weighted by atomic mass is 35.5. The number of aliphatic imine (C=N–C) groups is 1. The van der Waals surface area contributed by atoms with Crippen molar-refractivity contribution in [1.29, 1.82) is 0 Å². The molecule has 0 spiro atoms. The Kier molecular flexibility index (Phi) is 5.72. The van der Waals surface area contributed by atoms with Gasteiger partial charge < -0.3 is 19.9 Å². The van der Waals surface area contributed by atoms with Gasteiger partial charge in [-0.1, -0.05) is 17.7 Å². The van der Waals surface area contributed by atoms with E-state index in [9.17, 15) is 0 Å². The zero-order valence-electron chi connectivity index (χ0n) is 13.1. The zero-order valence-corrected chi connectivity index (χ0v) is 13.8. The molecule has 0 saturated heterocycles. The fourth-order valence-electron chi connectivity index (χ4n) is 2.12. The van der Waals surface area contributed by atoms with E-state index in [1.807, 2.05) is 29.9 Å². The third-order valence-corrected chi connectivity index (χ3v) is 3.51. The molecule has 0 atom stereocenters. The maximum atomic E-state index is 5.97. The minimum Gasteiger partial charge on any atom is -0.496 e. The fourth-order valence-corrected chi connectivity index (χ4v) is 2.28. The van der Waals surface area contributed by atoms with Crippen molar-refractivity contribution in [1.82, 2.24) is 15.2 Å². The van der Waals surface area contributed by atoms with Gasteiger partial charge in [-0.05, 0) is 23.8 Å². The number of methoxy groups -OCH3 is 1. The molecule has 6 heteroatoms. The zero-order chi connectivity index (χ0) is 15.9. The van der Waals surface area contributed by atoms with Crippen molar-refractivity contribution >= 4 is 17.6 Å². The average molecular weight is 321 g/mol. The topological polar surface area (TPSA) is 50.6 Å². The Bertz CT molecular complexity index is 651. The van der Waals surface area contributed by atoms with Gasteiger partial charge >= 0.3 is 0 Å². The lowest BCUT2D eigenvalue weighted by Crippen LogP contribution is -2.36. The maximum Gasteiger partial charge on any atom is 0.191 e. The fraction of sp³-hybridized carbons (Fsp3) is 0.312. The predicted octanol–water partition coefficient (Wildman–Crippen LogP) is 2.55. The van der Waals surface area contributed by atoms with Gasteiger partial charge in [0.25, 0.3) is 0 Å². The van der Waals surface area contributed by atoms with Crippen molar-refractivity contribution in [2.75, 3.05) is 14.2 Å². The lowest BCUT2D eigenvalue weighted by atomic mass is 10.2. The standard InChI is InChI=1S/C16H21ClN4O/c1-18-16(19-9-12-6-7-21(2)11-12)20-10-13-4-5-14(17)8-15(13)22-3/h4-8,11H,9-10H2,1-3H3,(H2,18,19,20). The van der Waals surface area contributed by atoms with Gasteiger partial charge in [0.1, 0.15) is 5.75 Å². The van der Waals surface area contributed by atoms with E-state index in [0.717, 1.165) is 23.8 Å². The number of halogens is 1. The molecule has 0 fully saturated rings. The van der Waals surface area contributed by atoms with E-state index in [-0.39, 0.29) is 0 Å². The quantitative estimate of drug-likeness (QED) is 0.657. The van der Waals surface area contributed by atoms with Crippen molar-refractivity contribution in [2.24, 2.45) is 12.0 Å². The van der Waals surface area contributed by atoms with Crippen molar-refractivity contribution in [2.45, 2.75) is 13.1 Å². The molecule has 1 aromatic carbocycles. The molecule has 2 aromatic rings. The van der Waals surface area contributed by atoms with Crippen LogP contribution in [0, 0.1) is 0 Å². The summed E-state index contributed by atoms with van der Waals surface area (Å²) in [5.74, 6) is 1.50. The van der Waals surface area contributed by atoms with E-state index in [2.05, 4.69) is 27.9 Å². The first-order valence-corrected chi connectivity index (χ1v) is 7.38. The summed E-state index contributed by atoms with van der Waals surface area (Å²) in [7, 11) is 5.39. The molecule has 0 saturated carbocycles. The van der Waals surface area contributed by atoms with E-state index in [0.29, 0.717) is 11.6 Å². The Morgan fingerprint density at radius 2 is 2.05 bits per heavy atom. The summed E-state index contributed by atoms with van der Waals surface area (Å²) in [6, 6.07) is 7.67. The summed E-state index contributed by atoms with van der Waals surface area (Å²) < 4.78 is 7.36. The summed E-state index contributed by atoms with van der Waals surface area (Å²) in [5, 5.41) is 7.20. The van der Waals surface area contributed by atoms with Crippen LogP contribution >= 0.6 is 11.6 Å². The first-order valence-electron chi connectivity index (χ1n) is 7.00. The summed E-state index contributed by atoms with van der Waals surface area (Å²) in [5.41, 5.74) is 2.23. The Morgan fingerprint density at radius 1 is 1.27 bits per heavy atom. The molecule has 2 rings (SSSR count). The number of nitrogens with one attached hydrogen (secondary N) is 2. The van der Waals surface area contributed by atoms with Gasteiger partial charge in [-0.25, -0.2) is 0 Å². The lowest BCUT2D eigenvalue weighted by Gasteiger charge is -2.13. The average Bonchev–Trinajstić information content (AvgIpc) is 2.94. The van der Waals surface area contributed by atoms with E-state index in [1.54, 1.807) is 20.2 Å². The number of hydrogen-bond donors (Lipinski definition) is 2. The highest BCUT2D eigenvalue weighted by Gasteiger charge is 2.05. The van der Waals surface area contributed by atoms with Gasteiger partial charge in [0, 0.05) is 50.2 Å². The van der Waals surface area contributed by atoms with Crippen LogP contribution in [0.1, 0.15) is 11.1 Å². The highest BCUT2D eigenvalue weighted by Crippen LogP contribution is 2.22. The van der Waals surface area contributed by atoms with Crippen LogP contribution in [0.25, 0.3) is 0 Å². The predicted molar refractivity (Wildman–Crippen MR) is 90.5 cm³/mol. The van der Waals surface area contributed by atoms with Crippen LogP contribution in [0.5, 0.6) is 5.75 Å². The van der Waals surface area contributed by atoms with Crippen LogP contribution in [0.4, 0.5) is 0 Å². The summed E-state index contributed by atoms with van der Waals surface area (Å²) >= 11 is 5.97. The van der Waals surface area contributed by atoms with Crippen LogP contribution in [-0.2, 0) is 20.1 Å². The van der Waals surface area contributed by atoms with Crippen molar-refractivity contribution in [3.05, 3.63) is 52.8 Å². The number of guanidine groups is 1. The number of benzene rings is 1. The monoisotopic (exact) mass is 320 g/mol. The molecule has 118 valence electrons. The van der Waals surface area contributed by atoms with Crippen LogP contribution in [0.3, 0.4) is 0 Å². The molecule has 1 aromatic heterocycles. The largest absolute Gasteiger partial charge is 0.496 e. The molecule has 0 aliphatic rings. The van der Waals surface area contributed by atoms with Crippen LogP contribution < -0.4 is 15.4 Å². The van der Waals surface area contributed by atoms with E-state index in [4.69, 9.17) is 16.3 Å². The van der Waals surface area contributed by atoms with Gasteiger partial charge in [-0.15, -0.1) is 0 Å². The molecule has 0 radical (unpaired) electrons. The molecule has 0 amide bonds. The molecular weight excluding hydrogens is 300 g/mol. The number of ether oxygens (including phenoxy) is 1. The van der Waals surface area contributed by atoms with E-state index >= 15 is 0 Å². The molecule has 0 bridgehead atoms. The number of hydrogen-bond acceptors (Lipinski definition) is 2. The Balaban J connectivity index is 1.91. The first kappa shape index (κ1) is 16.2. The number of nitrogens with zero attached hydrogens (tertiary/aromatic N) is 2. The van der Waals surface area contributed by atoms with Crippen LogP contribution in [-0.4, -0.2) is 24.7 Å². The normalized spacial score (nSPS) is 11.4. The van der Waals surface area contributed by atoms with Gasteiger partial charge in [0.15, 0.2) is 5.96 Å². The molecule has 0 unspecified atom stereocenters. The van der Waals surface area contributed by atoms with E-state index in [1.165, 1.54) is 5.56 Å². The van der Waals surface area contributed by atoms with Crippen molar-refractivity contribution < 1.29 is 4.74 Å². The first-order chi connectivity index (χ1) is 10.6. The van der Waals surface area contributed by atoms with Gasteiger partial charge in [-0.3, -0.25) is 4.99 Å². The second kappa shape index (κ2) is 7.75. The van der Waals surface area contributed by atoms with Crippen molar-refractivity contribution in [3.8, 4) is 5.75 Å². The Labute approximate surface area is 136 Å². The van der Waals surface area contributed by atoms with E-state index < -0.39 is 0 Å². The van der Waals surface area contributed by atoms with Gasteiger partial charge in [0.05, 0.1) is 7.11 Å². The lowest BCUT2D eigenvalue weighted by molar-refractivity contribution is 0.409. The molecule has 2 N–H and O–H groups in total. The molecule has 5 nitrogen and oxygen atoms in total. The molecule has 1 heterocycles. The minimum atomic E-state index is 0.606. The van der Waals surface area contributed by atoms with Gasteiger partial charge in [-0.2, -0.15) is 0 Å². The van der Waals surface area contributed by atoms with Crippen LogP contribution in [0.2, 0.25) is 5.02 Å². The second-order valence-electron chi connectivity index (χ2n) is 4.92. The highest BCUT2D eigenvalue weighted by molar-refractivity contribution is 6.30. The van der Waals surface area contributed by atoms with Gasteiger partial charge in [0.2, 0.25) is 0 Å². The summed E-state index contributed by atoms with van der Waals surface area (Å²) in [6.45, 7) is 1.33. The summed E-state index contributed by atoms with van der Waals surface area (Å²) in [4.78, 5) is 4.22. The second-order valence-corrected chi connectivity index (χ2v) is 5.36. The third kappa shape index (κ3) is 4.43. The molecule has 22 heavy (non-hydrogen) atoms. The molecule has 0 aliphatic carbocycles. The Morgan fingerprint density at radius 3 is 2.68 bits per heavy atom. The Hall–Kier alpha value is -2.14. The molecular formula is C16H21ClN4O. The smallest absolute Gasteiger partial charge is 0.191 e. The third-order valence-electron chi connectivity index (χ3n) is 3.27. The molecule has 0 aliphatic heterocycles. The SMILES string of the molecule is CN=C(NCc1ccn(C)c1)NCc1ccc(Cl)cc1OC. The minimum absolute atomic E-state index is 0.606.